The van der Waals surface area contributed by atoms with Crippen molar-refractivity contribution in [2.75, 3.05) is 12.3 Å². The molecule has 7 heteroatoms. The molecule has 1 aliphatic rings. The molecule has 0 aliphatic carbocycles. The number of carbonyl (C=O) groups excluding carboxylic acids is 1. The van der Waals surface area contributed by atoms with Gasteiger partial charge in [0.15, 0.2) is 0 Å². The van der Waals surface area contributed by atoms with Crippen LogP contribution in [0.5, 0.6) is 0 Å². The molecule has 1 aromatic carbocycles. The monoisotopic (exact) mass is 379 g/mol. The van der Waals surface area contributed by atoms with Crippen LogP contribution in [0.4, 0.5) is 4.79 Å². The van der Waals surface area contributed by atoms with Gasteiger partial charge in [-0.1, -0.05) is 12.1 Å². The molecule has 0 radical (unpaired) electrons. The lowest BCUT2D eigenvalue weighted by molar-refractivity contribution is 0.00578. The van der Waals surface area contributed by atoms with Gasteiger partial charge in [-0.3, -0.25) is 0 Å². The fraction of sp³-hybridized carbons (Fsp3) is 0.632. The summed E-state index contributed by atoms with van der Waals surface area (Å²) in [5.41, 5.74) is -0.128. The Morgan fingerprint density at radius 2 is 1.65 bits per heavy atom. The van der Waals surface area contributed by atoms with E-state index in [0.29, 0.717) is 6.54 Å². The summed E-state index contributed by atoms with van der Waals surface area (Å²) >= 11 is 1.68. The minimum absolute atomic E-state index is 0.335. The molecule has 1 saturated heterocycles. The molecule has 0 bridgehead atoms. The number of thioether (sulfide) groups is 1. The van der Waals surface area contributed by atoms with Gasteiger partial charge in [-0.05, 0) is 66.1 Å². The largest absolute Gasteiger partial charge is 0.494 e. The molecule has 5 nitrogen and oxygen atoms in total. The Morgan fingerprint density at radius 1 is 1.12 bits per heavy atom. The lowest BCUT2D eigenvalue weighted by Crippen LogP contribution is -2.41. The third kappa shape index (κ3) is 5.66. The van der Waals surface area contributed by atoms with Crippen molar-refractivity contribution in [2.24, 2.45) is 0 Å². The molecule has 144 valence electrons. The second-order valence-corrected chi connectivity index (χ2v) is 9.60. The van der Waals surface area contributed by atoms with E-state index in [4.69, 9.17) is 14.0 Å². The van der Waals surface area contributed by atoms with E-state index in [1.807, 2.05) is 32.9 Å². The van der Waals surface area contributed by atoms with Crippen LogP contribution in [0.1, 0.15) is 48.5 Å². The number of ether oxygens (including phenoxy) is 1. The van der Waals surface area contributed by atoms with E-state index in [-0.39, 0.29) is 24.4 Å². The summed E-state index contributed by atoms with van der Waals surface area (Å²) in [6.45, 7) is 14.3. The molecule has 1 N–H and O–H groups in total. The smallest absolute Gasteiger partial charge is 0.444 e. The molecule has 0 unspecified atom stereocenters. The van der Waals surface area contributed by atoms with E-state index in [1.54, 1.807) is 11.8 Å². The Bertz CT molecular complexity index is 609. The lowest BCUT2D eigenvalue weighted by Gasteiger charge is -2.32. The number of amides is 1. The second-order valence-electron chi connectivity index (χ2n) is 8.43. The van der Waals surface area contributed by atoms with Gasteiger partial charge in [-0.15, -0.1) is 11.8 Å². The van der Waals surface area contributed by atoms with Crippen LogP contribution < -0.4 is 10.8 Å². The summed E-state index contributed by atoms with van der Waals surface area (Å²) < 4.78 is 17.3. The Labute approximate surface area is 161 Å². The molecule has 0 spiro atoms. The van der Waals surface area contributed by atoms with Crippen LogP contribution in [0.25, 0.3) is 0 Å². The minimum atomic E-state index is -0.472. The van der Waals surface area contributed by atoms with Crippen molar-refractivity contribution in [1.29, 1.82) is 0 Å². The third-order valence-electron chi connectivity index (χ3n) is 4.44. The maximum atomic E-state index is 11.6. The summed E-state index contributed by atoms with van der Waals surface area (Å²) in [5.74, 6) is 0.773. The predicted octanol–water partition coefficient (Wildman–Crippen LogP) is 3.60. The maximum absolute atomic E-state index is 11.6. The van der Waals surface area contributed by atoms with Gasteiger partial charge in [0.1, 0.15) is 5.60 Å². The molecule has 0 atom stereocenters. The van der Waals surface area contributed by atoms with Crippen molar-refractivity contribution in [2.45, 2.75) is 70.2 Å². The molecule has 26 heavy (non-hydrogen) atoms. The molecule has 1 amide bonds. The van der Waals surface area contributed by atoms with Crippen LogP contribution in [0, 0.1) is 0 Å². The molecule has 0 aromatic heterocycles. The second kappa shape index (κ2) is 7.83. The zero-order chi connectivity index (χ0) is 19.6. The van der Waals surface area contributed by atoms with Crippen LogP contribution in [-0.4, -0.2) is 42.3 Å². The van der Waals surface area contributed by atoms with Crippen LogP contribution in [0.3, 0.4) is 0 Å². The minimum Gasteiger partial charge on any atom is -0.444 e. The first-order valence-corrected chi connectivity index (χ1v) is 9.93. The summed E-state index contributed by atoms with van der Waals surface area (Å²) in [4.78, 5) is 12.7. The summed E-state index contributed by atoms with van der Waals surface area (Å²) in [6.07, 6.45) is -0.380. The van der Waals surface area contributed by atoms with Gasteiger partial charge in [0.25, 0.3) is 0 Å². The highest BCUT2D eigenvalue weighted by Crippen LogP contribution is 2.36. The lowest BCUT2D eigenvalue weighted by atomic mass is 9.79. The summed E-state index contributed by atoms with van der Waals surface area (Å²) in [5, 5.41) is 2.76. The number of alkyl carbamates (subject to hydrolysis) is 1. The topological polar surface area (TPSA) is 56.8 Å². The third-order valence-corrected chi connectivity index (χ3v) is 5.46. The average molecular weight is 379 g/mol. The fourth-order valence-corrected chi connectivity index (χ4v) is 3.10. The van der Waals surface area contributed by atoms with Crippen molar-refractivity contribution in [1.82, 2.24) is 5.32 Å². The number of nitrogens with one attached hydrogen (secondary N) is 1. The zero-order valence-corrected chi connectivity index (χ0v) is 17.7. The SMILES string of the molecule is CC(C)(C)OC(=O)NCCSc1ccc(B2OC(C)(C)C(C)(C)O2)cc1. The van der Waals surface area contributed by atoms with Gasteiger partial charge >= 0.3 is 13.2 Å². The van der Waals surface area contributed by atoms with Crippen LogP contribution in [0.2, 0.25) is 0 Å². The molecule has 1 fully saturated rings. The van der Waals surface area contributed by atoms with E-state index >= 15 is 0 Å². The number of hydrogen-bond donors (Lipinski definition) is 1. The quantitative estimate of drug-likeness (QED) is 0.481. The van der Waals surface area contributed by atoms with Gasteiger partial charge in [-0.25, -0.2) is 4.79 Å². The number of hydrogen-bond acceptors (Lipinski definition) is 5. The van der Waals surface area contributed by atoms with Gasteiger partial charge in [0.2, 0.25) is 0 Å². The highest BCUT2D eigenvalue weighted by atomic mass is 32.2. The van der Waals surface area contributed by atoms with Gasteiger partial charge in [-0.2, -0.15) is 0 Å². The number of carbonyl (C=O) groups is 1. The van der Waals surface area contributed by atoms with Crippen molar-refractivity contribution in [3.8, 4) is 0 Å². The zero-order valence-electron chi connectivity index (χ0n) is 16.8. The Morgan fingerprint density at radius 3 is 2.15 bits per heavy atom. The molecule has 1 aliphatic heterocycles. The fourth-order valence-electron chi connectivity index (χ4n) is 2.34. The van der Waals surface area contributed by atoms with Crippen LogP contribution in [0.15, 0.2) is 29.2 Å². The Hall–Kier alpha value is -1.18. The number of benzene rings is 1. The van der Waals surface area contributed by atoms with Gasteiger partial charge in [0, 0.05) is 17.2 Å². The van der Waals surface area contributed by atoms with E-state index < -0.39 is 5.60 Å². The van der Waals surface area contributed by atoms with Crippen LogP contribution in [-0.2, 0) is 14.0 Å². The first-order valence-electron chi connectivity index (χ1n) is 8.95. The van der Waals surface area contributed by atoms with Crippen molar-refractivity contribution < 1.29 is 18.8 Å². The molecule has 1 heterocycles. The van der Waals surface area contributed by atoms with E-state index in [2.05, 4.69) is 45.1 Å². The maximum Gasteiger partial charge on any atom is 0.494 e. The van der Waals surface area contributed by atoms with E-state index in [1.165, 1.54) is 0 Å². The van der Waals surface area contributed by atoms with Gasteiger partial charge in [0.05, 0.1) is 11.2 Å². The predicted molar refractivity (Wildman–Crippen MR) is 107 cm³/mol. The highest BCUT2D eigenvalue weighted by molar-refractivity contribution is 7.99. The first kappa shape index (κ1) is 21.1. The first-order chi connectivity index (χ1) is 11.9. The molecular weight excluding hydrogens is 349 g/mol. The van der Waals surface area contributed by atoms with Crippen LogP contribution >= 0.6 is 11.8 Å². The summed E-state index contributed by atoms with van der Waals surface area (Å²) in [6, 6.07) is 8.18. The van der Waals surface area contributed by atoms with E-state index in [9.17, 15) is 4.79 Å². The van der Waals surface area contributed by atoms with Crippen molar-refractivity contribution >= 4 is 30.4 Å². The van der Waals surface area contributed by atoms with Crippen molar-refractivity contribution in [3.63, 3.8) is 0 Å². The number of rotatable bonds is 5. The summed E-state index contributed by atoms with van der Waals surface area (Å²) in [7, 11) is -0.340. The van der Waals surface area contributed by atoms with Crippen molar-refractivity contribution in [3.05, 3.63) is 24.3 Å². The standard InChI is InChI=1S/C19H30BNO4S/c1-17(2,3)23-16(22)21-12-13-26-15-10-8-14(9-11-15)20-24-18(4,5)19(6,7)25-20/h8-11H,12-13H2,1-7H3,(H,21,22). The molecule has 2 rings (SSSR count). The average Bonchev–Trinajstić information content (AvgIpc) is 2.71. The normalized spacial score (nSPS) is 18.7. The van der Waals surface area contributed by atoms with E-state index in [0.717, 1.165) is 16.1 Å². The highest BCUT2D eigenvalue weighted by Gasteiger charge is 2.51. The molecule has 0 saturated carbocycles. The van der Waals surface area contributed by atoms with Gasteiger partial charge < -0.3 is 19.4 Å². The Kier molecular flexibility index (Phi) is 6.36. The molecular formula is C19H30BNO4S. The molecule has 1 aromatic rings. The Balaban J connectivity index is 1.79.